The highest BCUT2D eigenvalue weighted by Gasteiger charge is 2.34. The molecular weight excluding hydrogens is 365 g/mol. The van der Waals surface area contributed by atoms with Gasteiger partial charge in [0, 0.05) is 12.1 Å². The van der Waals surface area contributed by atoms with Crippen LogP contribution < -0.4 is 10.6 Å². The van der Waals surface area contributed by atoms with E-state index in [1.165, 1.54) is 19.1 Å². The predicted octanol–water partition coefficient (Wildman–Crippen LogP) is 2.69. The molecule has 28 heavy (non-hydrogen) atoms. The summed E-state index contributed by atoms with van der Waals surface area (Å²) in [4.78, 5) is 36.7. The lowest BCUT2D eigenvalue weighted by molar-refractivity contribution is -0.155. The van der Waals surface area contributed by atoms with Gasteiger partial charge in [-0.1, -0.05) is 18.2 Å². The predicted molar refractivity (Wildman–Crippen MR) is 97.7 cm³/mol. The maximum atomic E-state index is 13.4. The second-order valence-electron chi connectivity index (χ2n) is 6.26. The molecule has 2 aromatic rings. The van der Waals surface area contributed by atoms with Gasteiger partial charge in [-0.25, -0.2) is 4.39 Å². The number of hydrogen-bond acceptors (Lipinski definition) is 5. The number of esters is 1. The highest BCUT2D eigenvalue weighted by atomic mass is 19.1. The molecule has 1 aliphatic rings. The van der Waals surface area contributed by atoms with Crippen LogP contribution in [0.4, 0.5) is 15.8 Å². The Morgan fingerprint density at radius 2 is 2.07 bits per heavy atom. The molecule has 0 saturated carbocycles. The van der Waals surface area contributed by atoms with Crippen molar-refractivity contribution in [3.05, 3.63) is 59.4 Å². The molecule has 0 aromatic heterocycles. The Morgan fingerprint density at radius 1 is 1.32 bits per heavy atom. The van der Waals surface area contributed by atoms with Gasteiger partial charge in [0.25, 0.3) is 5.91 Å². The fourth-order valence-electron chi connectivity index (χ4n) is 2.88. The number of amides is 2. The molecule has 0 fully saturated rings. The van der Waals surface area contributed by atoms with Crippen molar-refractivity contribution >= 4 is 29.2 Å². The first kappa shape index (κ1) is 19.0. The van der Waals surface area contributed by atoms with E-state index in [9.17, 15) is 18.8 Å². The zero-order chi connectivity index (χ0) is 20.3. The van der Waals surface area contributed by atoms with Crippen molar-refractivity contribution in [2.45, 2.75) is 25.4 Å². The summed E-state index contributed by atoms with van der Waals surface area (Å²) >= 11 is 0. The van der Waals surface area contributed by atoms with Gasteiger partial charge < -0.3 is 15.4 Å². The summed E-state index contributed by atoms with van der Waals surface area (Å²) in [5.74, 6) is -3.31. The Bertz CT molecular complexity index is 999. The number of benzene rings is 2. The Hall–Kier alpha value is -3.73. The average Bonchev–Trinajstić information content (AvgIpc) is 2.67. The van der Waals surface area contributed by atoms with E-state index in [0.717, 1.165) is 6.07 Å². The lowest BCUT2D eigenvalue weighted by Crippen LogP contribution is -2.34. The van der Waals surface area contributed by atoms with Crippen molar-refractivity contribution in [1.82, 2.24) is 0 Å². The molecule has 8 heteroatoms. The van der Waals surface area contributed by atoms with Gasteiger partial charge in [0.15, 0.2) is 6.10 Å². The van der Waals surface area contributed by atoms with E-state index in [4.69, 9.17) is 10.00 Å². The maximum Gasteiger partial charge on any atom is 0.314 e. The highest BCUT2D eigenvalue weighted by molar-refractivity contribution is 6.01. The topological polar surface area (TPSA) is 108 Å². The molecule has 0 aliphatic carbocycles. The number of halogens is 1. The molecule has 2 N–H and O–H groups in total. The molecule has 2 atom stereocenters. The number of nitriles is 1. The zero-order valence-corrected chi connectivity index (χ0v) is 14.9. The van der Waals surface area contributed by atoms with Crippen LogP contribution in [-0.4, -0.2) is 23.9 Å². The second kappa shape index (κ2) is 7.88. The van der Waals surface area contributed by atoms with Gasteiger partial charge in [-0.2, -0.15) is 5.26 Å². The molecule has 0 saturated heterocycles. The van der Waals surface area contributed by atoms with Crippen molar-refractivity contribution in [2.24, 2.45) is 0 Å². The first-order valence-corrected chi connectivity index (χ1v) is 8.49. The van der Waals surface area contributed by atoms with E-state index < -0.39 is 35.6 Å². The Kier molecular flexibility index (Phi) is 5.36. The van der Waals surface area contributed by atoms with Crippen LogP contribution in [0, 0.1) is 17.1 Å². The number of rotatable bonds is 4. The summed E-state index contributed by atoms with van der Waals surface area (Å²) in [5, 5.41) is 14.1. The summed E-state index contributed by atoms with van der Waals surface area (Å²) in [5.41, 5.74) is 1.21. The highest BCUT2D eigenvalue weighted by Crippen LogP contribution is 2.33. The van der Waals surface area contributed by atoms with Crippen LogP contribution in [0.5, 0.6) is 0 Å². The Balaban J connectivity index is 1.72. The van der Waals surface area contributed by atoms with Gasteiger partial charge in [-0.05, 0) is 36.8 Å². The molecule has 1 heterocycles. The van der Waals surface area contributed by atoms with Crippen LogP contribution in [0.2, 0.25) is 0 Å². The second-order valence-corrected chi connectivity index (χ2v) is 6.26. The number of carbonyl (C=O) groups excluding carboxylic acids is 3. The third-order valence-corrected chi connectivity index (χ3v) is 4.31. The standard InChI is InChI=1S/C20H16FN3O4/c1-11(19(26)24-16-5-3-2-4-12(16)10-22)28-20(27)15-9-18(25)23-17-8-13(21)6-7-14(15)17/h2-8,11,15H,9H2,1H3,(H,23,25)(H,24,26). The van der Waals surface area contributed by atoms with Crippen LogP contribution in [0.1, 0.15) is 30.4 Å². The lowest BCUT2D eigenvalue weighted by Gasteiger charge is -2.25. The summed E-state index contributed by atoms with van der Waals surface area (Å²) in [6.45, 7) is 1.39. The quantitative estimate of drug-likeness (QED) is 0.792. The van der Waals surface area contributed by atoms with Crippen molar-refractivity contribution in [3.8, 4) is 6.07 Å². The maximum absolute atomic E-state index is 13.4. The number of hydrogen-bond donors (Lipinski definition) is 2. The van der Waals surface area contributed by atoms with Crippen LogP contribution in [0.15, 0.2) is 42.5 Å². The van der Waals surface area contributed by atoms with Crippen molar-refractivity contribution in [1.29, 1.82) is 5.26 Å². The first-order valence-electron chi connectivity index (χ1n) is 8.49. The fourth-order valence-corrected chi connectivity index (χ4v) is 2.88. The average molecular weight is 381 g/mol. The minimum atomic E-state index is -1.16. The molecule has 1 aliphatic heterocycles. The van der Waals surface area contributed by atoms with E-state index in [1.54, 1.807) is 24.3 Å². The molecule has 0 radical (unpaired) electrons. The third-order valence-electron chi connectivity index (χ3n) is 4.31. The molecule has 142 valence electrons. The van der Waals surface area contributed by atoms with Crippen molar-refractivity contribution in [3.63, 3.8) is 0 Å². The van der Waals surface area contributed by atoms with Gasteiger partial charge in [-0.3, -0.25) is 14.4 Å². The van der Waals surface area contributed by atoms with Gasteiger partial charge in [0.1, 0.15) is 11.9 Å². The van der Waals surface area contributed by atoms with Gasteiger partial charge in [0.2, 0.25) is 5.91 Å². The summed E-state index contributed by atoms with van der Waals surface area (Å²) in [7, 11) is 0. The summed E-state index contributed by atoms with van der Waals surface area (Å²) < 4.78 is 18.6. The number of nitrogens with zero attached hydrogens (tertiary/aromatic N) is 1. The molecule has 7 nitrogen and oxygen atoms in total. The van der Waals surface area contributed by atoms with Gasteiger partial charge in [-0.15, -0.1) is 0 Å². The molecule has 0 bridgehead atoms. The number of anilines is 2. The molecule has 2 amide bonds. The first-order chi connectivity index (χ1) is 13.4. The van der Waals surface area contributed by atoms with E-state index >= 15 is 0 Å². The minimum absolute atomic E-state index is 0.164. The van der Waals surface area contributed by atoms with E-state index in [2.05, 4.69) is 10.6 Å². The normalized spacial score (nSPS) is 16.2. The van der Waals surface area contributed by atoms with Crippen LogP contribution in [0.3, 0.4) is 0 Å². The lowest BCUT2D eigenvalue weighted by atomic mass is 9.90. The van der Waals surface area contributed by atoms with Crippen LogP contribution in [-0.2, 0) is 19.1 Å². The summed E-state index contributed by atoms with van der Waals surface area (Å²) in [6, 6.07) is 12.1. The molecular formula is C20H16FN3O4. The van der Waals surface area contributed by atoms with Gasteiger partial charge in [0.05, 0.1) is 17.2 Å². The van der Waals surface area contributed by atoms with Crippen LogP contribution in [0.25, 0.3) is 0 Å². The monoisotopic (exact) mass is 381 g/mol. The molecule has 0 spiro atoms. The smallest absolute Gasteiger partial charge is 0.314 e. The third kappa shape index (κ3) is 3.99. The SMILES string of the molecule is CC(OC(=O)C1CC(=O)Nc2cc(F)ccc21)C(=O)Nc1ccccc1C#N. The number of fused-ring (bicyclic) bond motifs is 1. The Labute approximate surface area is 160 Å². The zero-order valence-electron chi connectivity index (χ0n) is 14.9. The molecule has 2 aromatic carbocycles. The van der Waals surface area contributed by atoms with E-state index in [0.29, 0.717) is 11.3 Å². The summed E-state index contributed by atoms with van der Waals surface area (Å²) in [6.07, 6.45) is -1.32. The largest absolute Gasteiger partial charge is 0.452 e. The van der Waals surface area contributed by atoms with Crippen LogP contribution >= 0.6 is 0 Å². The van der Waals surface area contributed by atoms with Gasteiger partial charge >= 0.3 is 5.97 Å². The number of carbonyl (C=O) groups is 3. The minimum Gasteiger partial charge on any atom is -0.452 e. The van der Waals surface area contributed by atoms with Crippen molar-refractivity contribution < 1.29 is 23.5 Å². The molecule has 3 rings (SSSR count). The number of nitrogens with one attached hydrogen (secondary N) is 2. The van der Waals surface area contributed by atoms with E-state index in [1.807, 2.05) is 6.07 Å². The fraction of sp³-hybridized carbons (Fsp3) is 0.200. The number of para-hydroxylation sites is 1. The number of ether oxygens (including phenoxy) is 1. The molecule has 2 unspecified atom stereocenters. The van der Waals surface area contributed by atoms with Crippen molar-refractivity contribution in [2.75, 3.05) is 10.6 Å². The van der Waals surface area contributed by atoms with E-state index in [-0.39, 0.29) is 17.7 Å². The Morgan fingerprint density at radius 3 is 2.82 bits per heavy atom.